The molecule has 1 fully saturated rings. The number of rotatable bonds is 3. The molecule has 0 radical (unpaired) electrons. The second kappa shape index (κ2) is 4.29. The van der Waals surface area contributed by atoms with Gasteiger partial charge in [0.2, 0.25) is 0 Å². The molecule has 0 bridgehead atoms. The highest BCUT2D eigenvalue weighted by Crippen LogP contribution is 2.30. The molecule has 18 heavy (non-hydrogen) atoms. The average molecular weight is 241 g/mol. The maximum atomic E-state index is 5.80. The molecule has 1 aromatic heterocycles. The van der Waals surface area contributed by atoms with E-state index in [4.69, 9.17) is 10.5 Å². The summed E-state index contributed by atoms with van der Waals surface area (Å²) in [5.74, 6) is 1.42. The summed E-state index contributed by atoms with van der Waals surface area (Å²) in [7, 11) is 0. The Morgan fingerprint density at radius 1 is 1.28 bits per heavy atom. The highest BCUT2D eigenvalue weighted by atomic mass is 16.5. The minimum atomic E-state index is 0.400. The molecule has 2 N–H and O–H groups in total. The van der Waals surface area contributed by atoms with Crippen molar-refractivity contribution in [2.75, 3.05) is 5.73 Å². The van der Waals surface area contributed by atoms with Crippen LogP contribution in [0.25, 0.3) is 11.3 Å². The van der Waals surface area contributed by atoms with E-state index in [2.05, 4.69) is 9.97 Å². The third kappa shape index (κ3) is 2.14. The zero-order chi connectivity index (χ0) is 12.5. The van der Waals surface area contributed by atoms with E-state index in [1.807, 2.05) is 31.2 Å². The van der Waals surface area contributed by atoms with Gasteiger partial charge in [-0.1, -0.05) is 12.1 Å². The van der Waals surface area contributed by atoms with Crippen molar-refractivity contribution in [3.63, 3.8) is 0 Å². The van der Waals surface area contributed by atoms with Crippen LogP contribution < -0.4 is 10.5 Å². The Labute approximate surface area is 106 Å². The van der Waals surface area contributed by atoms with Gasteiger partial charge < -0.3 is 10.5 Å². The summed E-state index contributed by atoms with van der Waals surface area (Å²) in [5.41, 5.74) is 8.59. The van der Waals surface area contributed by atoms with Gasteiger partial charge in [0.05, 0.1) is 11.8 Å². The van der Waals surface area contributed by atoms with Crippen molar-refractivity contribution in [1.82, 2.24) is 9.97 Å². The van der Waals surface area contributed by atoms with E-state index >= 15 is 0 Å². The largest absolute Gasteiger partial charge is 0.490 e. The van der Waals surface area contributed by atoms with E-state index in [-0.39, 0.29) is 0 Å². The molecule has 92 valence electrons. The van der Waals surface area contributed by atoms with Crippen molar-refractivity contribution >= 4 is 5.82 Å². The highest BCUT2D eigenvalue weighted by Gasteiger charge is 2.23. The third-order valence-electron chi connectivity index (χ3n) is 3.06. The van der Waals surface area contributed by atoms with Gasteiger partial charge in [0.1, 0.15) is 17.9 Å². The van der Waals surface area contributed by atoms with Gasteiger partial charge >= 0.3 is 0 Å². The lowest BCUT2D eigenvalue weighted by Crippen LogP contribution is -1.99. The molecule has 0 unspecified atom stereocenters. The first kappa shape index (κ1) is 11.0. The molecule has 1 saturated carbocycles. The molecule has 0 atom stereocenters. The SMILES string of the molecule is Cc1c(N)ncnc1-c1cccc(OC2CC2)c1. The van der Waals surface area contributed by atoms with E-state index in [0.29, 0.717) is 11.9 Å². The smallest absolute Gasteiger partial charge is 0.130 e. The number of hydrogen-bond donors (Lipinski definition) is 1. The maximum absolute atomic E-state index is 5.80. The molecule has 1 aromatic carbocycles. The van der Waals surface area contributed by atoms with Crippen molar-refractivity contribution in [2.24, 2.45) is 0 Å². The molecule has 0 saturated heterocycles. The predicted molar refractivity (Wildman–Crippen MR) is 70.3 cm³/mol. The van der Waals surface area contributed by atoms with Crippen LogP contribution in [0.1, 0.15) is 18.4 Å². The summed E-state index contributed by atoms with van der Waals surface area (Å²) < 4.78 is 5.78. The van der Waals surface area contributed by atoms with E-state index in [0.717, 1.165) is 35.4 Å². The number of aromatic nitrogens is 2. The Hall–Kier alpha value is -2.10. The lowest BCUT2D eigenvalue weighted by atomic mass is 10.1. The first-order valence-electron chi connectivity index (χ1n) is 6.08. The molecule has 2 aromatic rings. The first-order valence-corrected chi connectivity index (χ1v) is 6.08. The van der Waals surface area contributed by atoms with Gasteiger partial charge in [-0.3, -0.25) is 0 Å². The van der Waals surface area contributed by atoms with Crippen LogP contribution in [0.15, 0.2) is 30.6 Å². The monoisotopic (exact) mass is 241 g/mol. The van der Waals surface area contributed by atoms with E-state index in [1.54, 1.807) is 0 Å². The van der Waals surface area contributed by atoms with Crippen LogP contribution >= 0.6 is 0 Å². The molecule has 4 nitrogen and oxygen atoms in total. The van der Waals surface area contributed by atoms with Gasteiger partial charge in [0.15, 0.2) is 0 Å². The van der Waals surface area contributed by atoms with Crippen molar-refractivity contribution in [1.29, 1.82) is 0 Å². The van der Waals surface area contributed by atoms with Crippen molar-refractivity contribution in [2.45, 2.75) is 25.9 Å². The summed E-state index contributed by atoms with van der Waals surface area (Å²) >= 11 is 0. The number of ether oxygens (including phenoxy) is 1. The van der Waals surface area contributed by atoms with Gasteiger partial charge in [-0.15, -0.1) is 0 Å². The summed E-state index contributed by atoms with van der Waals surface area (Å²) in [6, 6.07) is 7.97. The van der Waals surface area contributed by atoms with Crippen molar-refractivity contribution in [3.8, 4) is 17.0 Å². The fourth-order valence-corrected chi connectivity index (χ4v) is 1.85. The van der Waals surface area contributed by atoms with Crippen molar-refractivity contribution < 1.29 is 4.74 Å². The van der Waals surface area contributed by atoms with Crippen LogP contribution in [-0.2, 0) is 0 Å². The highest BCUT2D eigenvalue weighted by molar-refractivity contribution is 5.68. The molecule has 0 amide bonds. The summed E-state index contributed by atoms with van der Waals surface area (Å²) in [4.78, 5) is 8.28. The lowest BCUT2D eigenvalue weighted by Gasteiger charge is -2.09. The molecule has 1 heterocycles. The molecule has 0 spiro atoms. The minimum Gasteiger partial charge on any atom is -0.490 e. The molecule has 0 aliphatic heterocycles. The van der Waals surface area contributed by atoms with Crippen LogP contribution in [0.5, 0.6) is 5.75 Å². The van der Waals surface area contributed by atoms with Crippen LogP contribution in [0, 0.1) is 6.92 Å². The van der Waals surface area contributed by atoms with Gasteiger partial charge in [0.25, 0.3) is 0 Å². The van der Waals surface area contributed by atoms with Crippen LogP contribution in [0.2, 0.25) is 0 Å². The number of benzene rings is 1. The molecule has 3 rings (SSSR count). The number of nitrogen functional groups attached to an aromatic ring is 1. The van der Waals surface area contributed by atoms with E-state index in [9.17, 15) is 0 Å². The van der Waals surface area contributed by atoms with Gasteiger partial charge in [-0.05, 0) is 31.9 Å². The van der Waals surface area contributed by atoms with Crippen LogP contribution in [-0.4, -0.2) is 16.1 Å². The topological polar surface area (TPSA) is 61.0 Å². The Morgan fingerprint density at radius 2 is 2.11 bits per heavy atom. The van der Waals surface area contributed by atoms with Crippen LogP contribution in [0.3, 0.4) is 0 Å². The number of nitrogens with zero attached hydrogens (tertiary/aromatic N) is 2. The Morgan fingerprint density at radius 3 is 2.89 bits per heavy atom. The van der Waals surface area contributed by atoms with Gasteiger partial charge in [-0.25, -0.2) is 9.97 Å². The van der Waals surface area contributed by atoms with Crippen molar-refractivity contribution in [3.05, 3.63) is 36.2 Å². The Balaban J connectivity index is 1.97. The third-order valence-corrected chi connectivity index (χ3v) is 3.06. The van der Waals surface area contributed by atoms with E-state index in [1.165, 1.54) is 6.33 Å². The number of hydrogen-bond acceptors (Lipinski definition) is 4. The quantitative estimate of drug-likeness (QED) is 0.897. The minimum absolute atomic E-state index is 0.400. The fourth-order valence-electron chi connectivity index (χ4n) is 1.85. The first-order chi connectivity index (χ1) is 8.74. The standard InChI is InChI=1S/C14H15N3O/c1-9-13(16-8-17-14(9)15)10-3-2-4-12(7-10)18-11-5-6-11/h2-4,7-8,11H,5-6H2,1H3,(H2,15,16,17). The number of nitrogens with two attached hydrogens (primary N) is 1. The molecular weight excluding hydrogens is 226 g/mol. The lowest BCUT2D eigenvalue weighted by molar-refractivity contribution is 0.303. The average Bonchev–Trinajstić information content (AvgIpc) is 3.17. The molecule has 4 heteroatoms. The second-order valence-corrected chi connectivity index (χ2v) is 4.58. The molecule has 1 aliphatic carbocycles. The van der Waals surface area contributed by atoms with Gasteiger partial charge in [0, 0.05) is 11.1 Å². The maximum Gasteiger partial charge on any atom is 0.130 e. The van der Waals surface area contributed by atoms with Gasteiger partial charge in [-0.2, -0.15) is 0 Å². The Kier molecular flexibility index (Phi) is 2.63. The van der Waals surface area contributed by atoms with E-state index < -0.39 is 0 Å². The second-order valence-electron chi connectivity index (χ2n) is 4.58. The van der Waals surface area contributed by atoms with Crippen LogP contribution in [0.4, 0.5) is 5.82 Å². The normalized spacial score (nSPS) is 14.5. The predicted octanol–water partition coefficient (Wildman–Crippen LogP) is 2.58. The Bertz CT molecular complexity index is 579. The molecule has 1 aliphatic rings. The zero-order valence-corrected chi connectivity index (χ0v) is 10.3. The summed E-state index contributed by atoms with van der Waals surface area (Å²) in [6.45, 7) is 1.93. The zero-order valence-electron chi connectivity index (χ0n) is 10.3. The summed E-state index contributed by atoms with van der Waals surface area (Å²) in [6.07, 6.45) is 4.20. The fraction of sp³-hybridized carbons (Fsp3) is 0.286. The molecular formula is C14H15N3O. The summed E-state index contributed by atoms with van der Waals surface area (Å²) in [5, 5.41) is 0. The number of anilines is 1.